The van der Waals surface area contributed by atoms with Crippen LogP contribution in [0.2, 0.25) is 0 Å². The first kappa shape index (κ1) is 25.4. The molecule has 0 heterocycles. The van der Waals surface area contributed by atoms with Gasteiger partial charge in [0.25, 0.3) is 5.91 Å². The summed E-state index contributed by atoms with van der Waals surface area (Å²) in [5, 5.41) is 4.46. The van der Waals surface area contributed by atoms with Crippen molar-refractivity contribution in [3.8, 4) is 11.5 Å². The predicted molar refractivity (Wildman–Crippen MR) is 122 cm³/mol. The van der Waals surface area contributed by atoms with Crippen LogP contribution in [0.5, 0.6) is 11.5 Å². The number of nitrogens with one attached hydrogen (secondary N) is 2. The molecule has 0 saturated carbocycles. The van der Waals surface area contributed by atoms with Gasteiger partial charge in [0.2, 0.25) is 0 Å². The van der Waals surface area contributed by atoms with Gasteiger partial charge in [-0.1, -0.05) is 36.4 Å². The summed E-state index contributed by atoms with van der Waals surface area (Å²) in [4.78, 5) is 35.0. The van der Waals surface area contributed by atoms with Crippen LogP contribution in [0.3, 0.4) is 0 Å². The third-order valence-corrected chi connectivity index (χ3v) is 4.11. The Balaban J connectivity index is 1.86. The molecule has 3 amide bonds. The van der Waals surface area contributed by atoms with Crippen molar-refractivity contribution in [1.82, 2.24) is 10.6 Å². The van der Waals surface area contributed by atoms with Gasteiger partial charge in [-0.15, -0.1) is 0 Å². The molecule has 0 bridgehead atoms. The summed E-state index contributed by atoms with van der Waals surface area (Å²) < 4.78 is 21.1. The molecular formula is C24H28N2O7. The Morgan fingerprint density at radius 1 is 1.00 bits per heavy atom. The molecule has 0 saturated heterocycles. The van der Waals surface area contributed by atoms with Crippen LogP contribution in [-0.2, 0) is 25.7 Å². The quantitative estimate of drug-likeness (QED) is 0.287. The number of urea groups is 1. The van der Waals surface area contributed by atoms with E-state index in [1.807, 2.05) is 42.6 Å². The van der Waals surface area contributed by atoms with Crippen molar-refractivity contribution in [2.75, 3.05) is 33.5 Å². The minimum absolute atomic E-state index is 0.248. The van der Waals surface area contributed by atoms with Crippen molar-refractivity contribution in [2.45, 2.75) is 13.5 Å². The molecule has 2 aromatic rings. The van der Waals surface area contributed by atoms with E-state index in [4.69, 9.17) is 18.9 Å². The molecule has 0 aliphatic rings. The molecule has 176 valence electrons. The fourth-order valence-corrected chi connectivity index (χ4v) is 2.57. The fourth-order valence-electron chi connectivity index (χ4n) is 2.57. The zero-order valence-corrected chi connectivity index (χ0v) is 18.7. The fraction of sp³-hybridized carbons (Fsp3) is 0.292. The average molecular weight is 456 g/mol. The first-order valence-electron chi connectivity index (χ1n) is 10.4. The standard InChI is InChI=1S/C24H28N2O7/c1-3-31-21-15-18(9-11-20(21)32-16-19-7-5-4-6-8-19)10-12-23(28)33-17-22(27)26-24(29)25-13-14-30-2/h4-12,15H,3,13-14,16-17H2,1-2H3,(H2,25,26,27,29). The molecule has 0 aromatic heterocycles. The van der Waals surface area contributed by atoms with Crippen molar-refractivity contribution in [1.29, 1.82) is 0 Å². The van der Waals surface area contributed by atoms with Gasteiger partial charge in [0.05, 0.1) is 13.2 Å². The highest BCUT2D eigenvalue weighted by Gasteiger charge is 2.10. The Bertz CT molecular complexity index is 945. The highest BCUT2D eigenvalue weighted by atomic mass is 16.5. The van der Waals surface area contributed by atoms with Gasteiger partial charge in [-0.2, -0.15) is 0 Å². The largest absolute Gasteiger partial charge is 0.490 e. The van der Waals surface area contributed by atoms with Crippen molar-refractivity contribution in [3.63, 3.8) is 0 Å². The number of ether oxygens (including phenoxy) is 4. The molecule has 9 nitrogen and oxygen atoms in total. The maximum atomic E-state index is 11.9. The first-order chi connectivity index (χ1) is 16.0. The molecule has 0 atom stereocenters. The lowest BCUT2D eigenvalue weighted by Gasteiger charge is -2.12. The molecule has 9 heteroatoms. The van der Waals surface area contributed by atoms with E-state index in [0.29, 0.717) is 36.9 Å². The Morgan fingerprint density at radius 2 is 1.79 bits per heavy atom. The lowest BCUT2D eigenvalue weighted by atomic mass is 10.2. The number of amides is 3. The third kappa shape index (κ3) is 9.88. The monoisotopic (exact) mass is 456 g/mol. The van der Waals surface area contributed by atoms with Crippen molar-refractivity contribution < 1.29 is 33.3 Å². The lowest BCUT2D eigenvalue weighted by Crippen LogP contribution is -2.42. The van der Waals surface area contributed by atoms with E-state index in [2.05, 4.69) is 5.32 Å². The van der Waals surface area contributed by atoms with Crippen LogP contribution in [0.4, 0.5) is 4.79 Å². The van der Waals surface area contributed by atoms with Gasteiger partial charge in [0, 0.05) is 19.7 Å². The zero-order chi connectivity index (χ0) is 23.9. The second kappa shape index (κ2) is 14.3. The van der Waals surface area contributed by atoms with Crippen molar-refractivity contribution in [3.05, 3.63) is 65.7 Å². The Kier molecular flexibility index (Phi) is 11.0. The number of carbonyl (C=O) groups is 3. The number of methoxy groups -OCH3 is 1. The first-order valence-corrected chi connectivity index (χ1v) is 10.4. The van der Waals surface area contributed by atoms with Crippen LogP contribution in [0.25, 0.3) is 6.08 Å². The van der Waals surface area contributed by atoms with Gasteiger partial charge in [-0.3, -0.25) is 10.1 Å². The maximum Gasteiger partial charge on any atom is 0.331 e. The Labute approximate surface area is 192 Å². The van der Waals surface area contributed by atoms with E-state index in [1.54, 1.807) is 18.2 Å². The number of esters is 1. The molecule has 33 heavy (non-hydrogen) atoms. The van der Waals surface area contributed by atoms with E-state index in [9.17, 15) is 14.4 Å². The molecular weight excluding hydrogens is 428 g/mol. The summed E-state index contributed by atoms with van der Waals surface area (Å²) >= 11 is 0. The molecule has 0 spiro atoms. The number of carbonyl (C=O) groups excluding carboxylic acids is 3. The van der Waals surface area contributed by atoms with Crippen molar-refractivity contribution in [2.24, 2.45) is 0 Å². The highest BCUT2D eigenvalue weighted by Crippen LogP contribution is 2.29. The minimum atomic E-state index is -0.745. The third-order valence-electron chi connectivity index (χ3n) is 4.11. The predicted octanol–water partition coefficient (Wildman–Crippen LogP) is 2.69. The Hall–Kier alpha value is -3.85. The molecule has 0 aliphatic heterocycles. The smallest absolute Gasteiger partial charge is 0.331 e. The molecule has 0 aliphatic carbocycles. The number of rotatable bonds is 12. The second-order valence-electron chi connectivity index (χ2n) is 6.65. The van der Waals surface area contributed by atoms with Crippen LogP contribution in [0.1, 0.15) is 18.1 Å². The SMILES string of the molecule is CCOc1cc(C=CC(=O)OCC(=O)NC(=O)NCCOC)ccc1OCc1ccccc1. The molecule has 2 rings (SSSR count). The second-order valence-corrected chi connectivity index (χ2v) is 6.65. The van der Waals surface area contributed by atoms with E-state index in [-0.39, 0.29) is 6.54 Å². The summed E-state index contributed by atoms with van der Waals surface area (Å²) in [7, 11) is 1.49. The summed E-state index contributed by atoms with van der Waals surface area (Å²) in [6, 6.07) is 14.3. The van der Waals surface area contributed by atoms with Gasteiger partial charge >= 0.3 is 12.0 Å². The minimum Gasteiger partial charge on any atom is -0.490 e. The number of benzene rings is 2. The summed E-state index contributed by atoms with van der Waals surface area (Å²) in [5.74, 6) is -0.346. The number of hydrogen-bond donors (Lipinski definition) is 2. The van der Waals surface area contributed by atoms with E-state index < -0.39 is 24.5 Å². The van der Waals surface area contributed by atoms with Crippen LogP contribution < -0.4 is 20.1 Å². The van der Waals surface area contributed by atoms with Gasteiger partial charge < -0.3 is 24.3 Å². The van der Waals surface area contributed by atoms with E-state index in [1.165, 1.54) is 19.3 Å². The maximum absolute atomic E-state index is 11.9. The van der Waals surface area contributed by atoms with Crippen molar-refractivity contribution >= 4 is 24.0 Å². The van der Waals surface area contributed by atoms with Gasteiger partial charge in [0.1, 0.15) is 6.61 Å². The number of imide groups is 1. The molecule has 0 radical (unpaired) electrons. The van der Waals surface area contributed by atoms with Crippen LogP contribution in [0, 0.1) is 0 Å². The average Bonchev–Trinajstić information content (AvgIpc) is 2.82. The van der Waals surface area contributed by atoms with Gasteiger partial charge in [0.15, 0.2) is 18.1 Å². The van der Waals surface area contributed by atoms with Gasteiger partial charge in [-0.25, -0.2) is 9.59 Å². The van der Waals surface area contributed by atoms with Crippen LogP contribution in [-0.4, -0.2) is 51.4 Å². The van der Waals surface area contributed by atoms with E-state index in [0.717, 1.165) is 5.56 Å². The zero-order valence-electron chi connectivity index (χ0n) is 18.7. The number of hydrogen-bond acceptors (Lipinski definition) is 7. The summed E-state index contributed by atoms with van der Waals surface area (Å²) in [5.41, 5.74) is 1.72. The van der Waals surface area contributed by atoms with Gasteiger partial charge in [-0.05, 0) is 36.3 Å². The van der Waals surface area contributed by atoms with E-state index >= 15 is 0 Å². The summed E-state index contributed by atoms with van der Waals surface area (Å²) in [6.07, 6.45) is 2.71. The highest BCUT2D eigenvalue weighted by molar-refractivity contribution is 5.96. The normalized spacial score (nSPS) is 10.5. The molecule has 0 fully saturated rings. The van der Waals surface area contributed by atoms with Crippen LogP contribution >= 0.6 is 0 Å². The Morgan fingerprint density at radius 3 is 2.52 bits per heavy atom. The topological polar surface area (TPSA) is 112 Å². The summed E-state index contributed by atoms with van der Waals surface area (Å²) in [6.45, 7) is 2.69. The van der Waals surface area contributed by atoms with Crippen LogP contribution in [0.15, 0.2) is 54.6 Å². The lowest BCUT2D eigenvalue weighted by molar-refractivity contribution is -0.143. The molecule has 0 unspecified atom stereocenters. The molecule has 2 N–H and O–H groups in total. The molecule has 2 aromatic carbocycles.